The van der Waals surface area contributed by atoms with Gasteiger partial charge >= 0.3 is 6.09 Å². The second kappa shape index (κ2) is 8.28. The van der Waals surface area contributed by atoms with E-state index in [1.54, 1.807) is 0 Å². The molecule has 0 aromatic heterocycles. The molecule has 2 rings (SSSR count). The van der Waals surface area contributed by atoms with Crippen LogP contribution in [0.4, 0.5) is 4.79 Å². The van der Waals surface area contributed by atoms with Crippen molar-refractivity contribution in [3.8, 4) is 0 Å². The Morgan fingerprint density at radius 1 is 1.26 bits per heavy atom. The van der Waals surface area contributed by atoms with E-state index in [1.807, 2.05) is 30.3 Å². The smallest absolute Gasteiger partial charge is 0.408 e. The first kappa shape index (κ1) is 17.0. The molecule has 1 aliphatic heterocycles. The maximum atomic E-state index is 12.1. The van der Waals surface area contributed by atoms with Crippen molar-refractivity contribution in [3.63, 3.8) is 0 Å². The molecule has 1 saturated heterocycles. The van der Waals surface area contributed by atoms with Crippen LogP contribution in [0.1, 0.15) is 18.4 Å². The zero-order chi connectivity index (χ0) is 16.7. The van der Waals surface area contributed by atoms with Gasteiger partial charge in [-0.3, -0.25) is 19.8 Å². The molecule has 2 amide bonds. The van der Waals surface area contributed by atoms with Gasteiger partial charge in [0, 0.05) is 19.5 Å². The summed E-state index contributed by atoms with van der Waals surface area (Å²) in [6, 6.07) is 9.33. The minimum atomic E-state index is -1.11. The lowest BCUT2D eigenvalue weighted by atomic mass is 10.1. The van der Waals surface area contributed by atoms with E-state index >= 15 is 0 Å². The predicted molar refractivity (Wildman–Crippen MR) is 83.9 cm³/mol. The number of carboxylic acid groups (broad SMARTS) is 1. The summed E-state index contributed by atoms with van der Waals surface area (Å²) in [6.45, 7) is 1.16. The van der Waals surface area contributed by atoms with Crippen LogP contribution in [-0.4, -0.2) is 53.6 Å². The Labute approximate surface area is 134 Å². The molecule has 1 aliphatic rings. The minimum absolute atomic E-state index is 0.0992. The predicted octanol–water partition coefficient (Wildman–Crippen LogP) is 0.604. The van der Waals surface area contributed by atoms with Gasteiger partial charge < -0.3 is 10.4 Å². The summed E-state index contributed by atoms with van der Waals surface area (Å²) in [6.07, 6.45) is -0.875. The van der Waals surface area contributed by atoms with Gasteiger partial charge in [0.2, 0.25) is 5.91 Å². The van der Waals surface area contributed by atoms with E-state index in [4.69, 9.17) is 5.11 Å². The lowest BCUT2D eigenvalue weighted by molar-refractivity contribution is -0.125. The normalized spacial score (nSPS) is 17.6. The maximum Gasteiger partial charge on any atom is 0.408 e. The summed E-state index contributed by atoms with van der Waals surface area (Å²) < 4.78 is 0. The fourth-order valence-electron chi connectivity index (χ4n) is 2.53. The fourth-order valence-corrected chi connectivity index (χ4v) is 2.53. The van der Waals surface area contributed by atoms with Crippen LogP contribution in [-0.2, 0) is 16.0 Å². The fraction of sp³-hybridized carbons (Fsp3) is 0.438. The number of ketones is 1. The van der Waals surface area contributed by atoms with Gasteiger partial charge in [-0.25, -0.2) is 4.79 Å². The van der Waals surface area contributed by atoms with E-state index in [0.717, 1.165) is 10.5 Å². The second-order valence-corrected chi connectivity index (χ2v) is 5.41. The summed E-state index contributed by atoms with van der Waals surface area (Å²) in [5.74, 6) is -0.386. The number of hydrogen-bond acceptors (Lipinski definition) is 4. The molecule has 1 unspecified atom stereocenters. The molecule has 0 saturated carbocycles. The van der Waals surface area contributed by atoms with Crippen molar-refractivity contribution in [1.82, 2.24) is 15.5 Å². The molecular formula is C16H21N3O4. The van der Waals surface area contributed by atoms with Crippen LogP contribution < -0.4 is 10.6 Å². The Hall–Kier alpha value is -2.41. The van der Waals surface area contributed by atoms with Crippen LogP contribution in [0.15, 0.2) is 30.3 Å². The first-order valence-electron chi connectivity index (χ1n) is 7.64. The first-order chi connectivity index (χ1) is 11.1. The van der Waals surface area contributed by atoms with Crippen molar-refractivity contribution < 1.29 is 19.5 Å². The van der Waals surface area contributed by atoms with Gasteiger partial charge in [0.15, 0.2) is 5.78 Å². The molecule has 7 nitrogen and oxygen atoms in total. The molecule has 1 aromatic carbocycles. The van der Waals surface area contributed by atoms with E-state index in [0.29, 0.717) is 19.5 Å². The summed E-state index contributed by atoms with van der Waals surface area (Å²) in [4.78, 5) is 36.2. The second-order valence-electron chi connectivity index (χ2n) is 5.41. The lowest BCUT2D eigenvalue weighted by Crippen LogP contribution is -2.57. The Balaban J connectivity index is 1.75. The summed E-state index contributed by atoms with van der Waals surface area (Å²) in [5.41, 5.74) is 0.905. The average molecular weight is 319 g/mol. The maximum absolute atomic E-state index is 12.1. The van der Waals surface area contributed by atoms with Gasteiger partial charge in [0.1, 0.15) is 6.17 Å². The van der Waals surface area contributed by atoms with Crippen LogP contribution in [0.25, 0.3) is 0 Å². The Morgan fingerprint density at radius 2 is 2.00 bits per heavy atom. The third-order valence-corrected chi connectivity index (χ3v) is 3.68. The molecule has 0 radical (unpaired) electrons. The van der Waals surface area contributed by atoms with Gasteiger partial charge in [0.05, 0.1) is 6.42 Å². The highest BCUT2D eigenvalue weighted by Gasteiger charge is 2.31. The number of amides is 2. The van der Waals surface area contributed by atoms with Crippen LogP contribution in [0.3, 0.4) is 0 Å². The number of benzene rings is 1. The number of carbonyl (C=O) groups is 3. The first-order valence-corrected chi connectivity index (χ1v) is 7.64. The van der Waals surface area contributed by atoms with Crippen molar-refractivity contribution in [2.24, 2.45) is 0 Å². The Kier molecular flexibility index (Phi) is 6.10. The molecule has 0 aliphatic carbocycles. The monoisotopic (exact) mass is 319 g/mol. The zero-order valence-electron chi connectivity index (χ0n) is 12.8. The van der Waals surface area contributed by atoms with E-state index < -0.39 is 12.3 Å². The van der Waals surface area contributed by atoms with Gasteiger partial charge in [0.25, 0.3) is 0 Å². The third kappa shape index (κ3) is 5.07. The highest BCUT2D eigenvalue weighted by molar-refractivity contribution is 5.87. The summed E-state index contributed by atoms with van der Waals surface area (Å²) in [7, 11) is 0. The number of Topliss-reactive ketones (excluding diaryl/α,β-unsaturated/α-hetero) is 1. The van der Waals surface area contributed by atoms with Crippen molar-refractivity contribution in [2.45, 2.75) is 25.4 Å². The van der Waals surface area contributed by atoms with Gasteiger partial charge in [-0.1, -0.05) is 30.3 Å². The highest BCUT2D eigenvalue weighted by Crippen LogP contribution is 2.07. The lowest BCUT2D eigenvalue weighted by Gasteiger charge is -2.33. The number of rotatable bonds is 6. The van der Waals surface area contributed by atoms with Crippen molar-refractivity contribution in [1.29, 1.82) is 0 Å². The van der Waals surface area contributed by atoms with Gasteiger partial charge in [-0.2, -0.15) is 0 Å². The number of hydrogen-bond donors (Lipinski definition) is 3. The summed E-state index contributed by atoms with van der Waals surface area (Å²) >= 11 is 0. The van der Waals surface area contributed by atoms with Crippen molar-refractivity contribution >= 4 is 17.8 Å². The van der Waals surface area contributed by atoms with Crippen LogP contribution in [0.2, 0.25) is 0 Å². The van der Waals surface area contributed by atoms with E-state index in [1.165, 1.54) is 0 Å². The van der Waals surface area contributed by atoms with E-state index in [2.05, 4.69) is 10.6 Å². The molecule has 1 heterocycles. The molecule has 1 aromatic rings. The Bertz CT molecular complexity index is 562. The quantitative estimate of drug-likeness (QED) is 0.713. The zero-order valence-corrected chi connectivity index (χ0v) is 12.8. The molecule has 7 heteroatoms. The van der Waals surface area contributed by atoms with Crippen molar-refractivity contribution in [3.05, 3.63) is 35.9 Å². The average Bonchev–Trinajstić information content (AvgIpc) is 2.55. The van der Waals surface area contributed by atoms with E-state index in [9.17, 15) is 14.4 Å². The molecule has 1 atom stereocenters. The number of carbonyl (C=O) groups excluding carboxylic acids is 2. The van der Waals surface area contributed by atoms with E-state index in [-0.39, 0.29) is 31.1 Å². The van der Waals surface area contributed by atoms with Crippen LogP contribution in [0.5, 0.6) is 0 Å². The molecule has 0 bridgehead atoms. The molecule has 23 heavy (non-hydrogen) atoms. The molecule has 3 N–H and O–H groups in total. The number of nitrogens with one attached hydrogen (secondary N) is 2. The highest BCUT2D eigenvalue weighted by atomic mass is 16.4. The van der Waals surface area contributed by atoms with Gasteiger partial charge in [-0.15, -0.1) is 0 Å². The van der Waals surface area contributed by atoms with Gasteiger partial charge in [-0.05, 0) is 18.5 Å². The minimum Gasteiger partial charge on any atom is -0.465 e. The molecular weight excluding hydrogens is 298 g/mol. The molecule has 1 fully saturated rings. The molecule has 124 valence electrons. The van der Waals surface area contributed by atoms with Crippen LogP contribution >= 0.6 is 0 Å². The summed E-state index contributed by atoms with van der Waals surface area (Å²) in [5, 5.41) is 14.7. The van der Waals surface area contributed by atoms with Crippen molar-refractivity contribution in [2.75, 3.05) is 19.6 Å². The third-order valence-electron chi connectivity index (χ3n) is 3.68. The number of nitrogens with zero attached hydrogens (tertiary/aromatic N) is 1. The Morgan fingerprint density at radius 3 is 2.70 bits per heavy atom. The standard InChI is InChI=1S/C16H21N3O4/c20-13(15-18-8-4-10-19(15)16(22)23)7-9-17-14(21)11-12-5-2-1-3-6-12/h1-3,5-6,15,18H,4,7-11H2,(H,17,21)(H,22,23). The molecule has 0 spiro atoms. The largest absolute Gasteiger partial charge is 0.465 e. The topological polar surface area (TPSA) is 98.7 Å². The SMILES string of the molecule is O=C(Cc1ccccc1)NCCC(=O)C1NCCCN1C(=O)O. The van der Waals surface area contributed by atoms with Crippen LogP contribution in [0, 0.1) is 0 Å².